The van der Waals surface area contributed by atoms with E-state index in [4.69, 9.17) is 30.2 Å². The van der Waals surface area contributed by atoms with E-state index in [1.807, 2.05) is 13.8 Å². The minimum Gasteiger partial charge on any atom is -0.393 e. The number of nitrogens with two attached hydrogens (primary N) is 1. The van der Waals surface area contributed by atoms with E-state index < -0.39 is 0 Å². The van der Waals surface area contributed by atoms with Gasteiger partial charge in [-0.15, -0.1) is 0 Å². The zero-order valence-electron chi connectivity index (χ0n) is 5.68. The topological polar surface area (TPSA) is 26.0 Å². The molecule has 1 atom stereocenters. The van der Waals surface area contributed by atoms with Gasteiger partial charge in [0, 0.05) is 5.92 Å². The second kappa shape index (κ2) is 3.90. The first kappa shape index (κ1) is 8.98. The molecule has 0 amide bonds. The van der Waals surface area contributed by atoms with Gasteiger partial charge in [0.25, 0.3) is 0 Å². The Morgan fingerprint density at radius 2 is 2.00 bits per heavy atom. The van der Waals surface area contributed by atoms with Crippen molar-refractivity contribution in [2.45, 2.75) is 20.3 Å². The van der Waals surface area contributed by atoms with Crippen molar-refractivity contribution in [3.63, 3.8) is 0 Å². The molecular weight excluding hydrogens is 150 g/mol. The summed E-state index contributed by atoms with van der Waals surface area (Å²) >= 11 is 9.71. The van der Waals surface area contributed by atoms with Crippen LogP contribution in [0, 0.1) is 5.92 Å². The number of hydrogen-bond acceptors (Lipinski definition) is 2. The van der Waals surface area contributed by atoms with E-state index in [0.29, 0.717) is 4.99 Å². The molecule has 0 spiro atoms. The van der Waals surface area contributed by atoms with Crippen LogP contribution < -0.4 is 5.73 Å². The maximum absolute atomic E-state index is 5.39. The van der Waals surface area contributed by atoms with Crippen LogP contribution in [0.3, 0.4) is 0 Å². The predicted molar refractivity (Wildman–Crippen MR) is 48.8 cm³/mol. The second-order valence-corrected chi connectivity index (χ2v) is 3.09. The Balaban J connectivity index is 3.99. The van der Waals surface area contributed by atoms with E-state index >= 15 is 0 Å². The highest BCUT2D eigenvalue weighted by molar-refractivity contribution is 7.82. The van der Waals surface area contributed by atoms with Gasteiger partial charge in [0.15, 0.2) is 0 Å². The summed E-state index contributed by atoms with van der Waals surface area (Å²) < 4.78 is 0. The van der Waals surface area contributed by atoms with Crippen LogP contribution in [0.2, 0.25) is 0 Å². The molecule has 9 heavy (non-hydrogen) atoms. The third-order valence-corrected chi connectivity index (χ3v) is 1.81. The standard InChI is InChI=1S/C6H11NS2/c1-3-5(4(2)8)6(7)9/h5H,3H2,1-2H3,(H2,7,9). The fourth-order valence-corrected chi connectivity index (χ4v) is 1.40. The average molecular weight is 161 g/mol. The quantitative estimate of drug-likeness (QED) is 0.638. The molecule has 0 aliphatic heterocycles. The highest BCUT2D eigenvalue weighted by Crippen LogP contribution is 2.04. The Morgan fingerprint density at radius 3 is 2.00 bits per heavy atom. The van der Waals surface area contributed by atoms with Crippen LogP contribution in [0.15, 0.2) is 0 Å². The molecule has 52 valence electrons. The monoisotopic (exact) mass is 161 g/mol. The summed E-state index contributed by atoms with van der Waals surface area (Å²) in [6.07, 6.45) is 0.921. The first-order chi connectivity index (χ1) is 4.09. The maximum atomic E-state index is 5.39. The van der Waals surface area contributed by atoms with Crippen LogP contribution in [0.25, 0.3) is 0 Å². The smallest absolute Gasteiger partial charge is 0.0808 e. The van der Waals surface area contributed by atoms with Crippen LogP contribution in [-0.2, 0) is 0 Å². The van der Waals surface area contributed by atoms with Crippen molar-refractivity contribution in [1.82, 2.24) is 0 Å². The van der Waals surface area contributed by atoms with E-state index in [1.54, 1.807) is 0 Å². The lowest BCUT2D eigenvalue weighted by atomic mass is 10.0. The van der Waals surface area contributed by atoms with Crippen LogP contribution in [0.4, 0.5) is 0 Å². The van der Waals surface area contributed by atoms with Crippen molar-refractivity contribution in [2.75, 3.05) is 0 Å². The number of hydrogen-bond donors (Lipinski definition) is 1. The second-order valence-electron chi connectivity index (χ2n) is 1.97. The summed E-state index contributed by atoms with van der Waals surface area (Å²) in [4.78, 5) is 1.41. The molecule has 0 aromatic heterocycles. The molecule has 1 nitrogen and oxygen atoms in total. The molecule has 3 heteroatoms. The summed E-state index contributed by atoms with van der Waals surface area (Å²) in [5, 5.41) is 0. The zero-order valence-corrected chi connectivity index (χ0v) is 7.31. The Morgan fingerprint density at radius 1 is 1.56 bits per heavy atom. The van der Waals surface area contributed by atoms with Gasteiger partial charge >= 0.3 is 0 Å². The highest BCUT2D eigenvalue weighted by atomic mass is 32.1. The summed E-state index contributed by atoms with van der Waals surface area (Å²) in [5.41, 5.74) is 5.39. The van der Waals surface area contributed by atoms with Crippen molar-refractivity contribution in [2.24, 2.45) is 11.7 Å². The van der Waals surface area contributed by atoms with Gasteiger partial charge in [0.2, 0.25) is 0 Å². The van der Waals surface area contributed by atoms with Crippen molar-refractivity contribution in [1.29, 1.82) is 0 Å². The Labute approximate surface area is 66.6 Å². The molecule has 0 saturated heterocycles. The molecule has 0 bridgehead atoms. The van der Waals surface area contributed by atoms with Crippen LogP contribution >= 0.6 is 24.4 Å². The van der Waals surface area contributed by atoms with Crippen molar-refractivity contribution in [3.05, 3.63) is 0 Å². The maximum Gasteiger partial charge on any atom is 0.0808 e. The molecule has 2 N–H and O–H groups in total. The fourth-order valence-electron chi connectivity index (χ4n) is 0.689. The fraction of sp³-hybridized carbons (Fsp3) is 0.667. The number of thiocarbonyl (C=S) groups is 2. The van der Waals surface area contributed by atoms with Gasteiger partial charge in [0.1, 0.15) is 0 Å². The molecule has 0 radical (unpaired) electrons. The molecule has 0 rings (SSSR count). The molecule has 0 heterocycles. The lowest BCUT2D eigenvalue weighted by Gasteiger charge is -2.09. The Hall–Kier alpha value is -0.0200. The van der Waals surface area contributed by atoms with Crippen LogP contribution in [0.1, 0.15) is 20.3 Å². The van der Waals surface area contributed by atoms with E-state index in [1.165, 1.54) is 0 Å². The SMILES string of the molecule is CCC(C(C)=S)C(N)=S. The summed E-state index contributed by atoms with van der Waals surface area (Å²) in [7, 11) is 0. The Bertz CT molecular complexity index is 117. The third kappa shape index (κ3) is 2.87. The molecule has 0 saturated carbocycles. The molecular formula is C6H11NS2. The highest BCUT2D eigenvalue weighted by Gasteiger charge is 2.09. The summed E-state index contributed by atoms with van der Waals surface area (Å²) in [5.74, 6) is 0.162. The molecule has 0 aromatic rings. The van der Waals surface area contributed by atoms with Gasteiger partial charge in [-0.1, -0.05) is 31.4 Å². The average Bonchev–Trinajstić information content (AvgIpc) is 1.64. The summed E-state index contributed by atoms with van der Waals surface area (Å²) in [6.45, 7) is 3.91. The molecule has 0 aromatic carbocycles. The van der Waals surface area contributed by atoms with Crippen molar-refractivity contribution in [3.8, 4) is 0 Å². The predicted octanol–water partition coefficient (Wildman–Crippen LogP) is 1.69. The third-order valence-electron chi connectivity index (χ3n) is 1.24. The minimum atomic E-state index is 0.162. The number of rotatable bonds is 3. The minimum absolute atomic E-state index is 0.162. The molecule has 0 fully saturated rings. The largest absolute Gasteiger partial charge is 0.393 e. The molecule has 0 aliphatic carbocycles. The first-order valence-corrected chi connectivity index (χ1v) is 3.71. The van der Waals surface area contributed by atoms with E-state index in [2.05, 4.69) is 0 Å². The Kier molecular flexibility index (Phi) is 3.89. The van der Waals surface area contributed by atoms with E-state index in [9.17, 15) is 0 Å². The van der Waals surface area contributed by atoms with E-state index in [0.717, 1.165) is 11.3 Å². The van der Waals surface area contributed by atoms with Gasteiger partial charge in [-0.05, 0) is 18.2 Å². The lowest BCUT2D eigenvalue weighted by Crippen LogP contribution is -2.25. The zero-order chi connectivity index (χ0) is 7.44. The van der Waals surface area contributed by atoms with Crippen LogP contribution in [-0.4, -0.2) is 9.85 Å². The van der Waals surface area contributed by atoms with Gasteiger partial charge in [0.05, 0.1) is 4.99 Å². The normalized spacial score (nSPS) is 12.7. The van der Waals surface area contributed by atoms with Gasteiger partial charge in [-0.3, -0.25) is 0 Å². The van der Waals surface area contributed by atoms with Gasteiger partial charge in [-0.25, -0.2) is 0 Å². The van der Waals surface area contributed by atoms with E-state index in [-0.39, 0.29) is 5.92 Å². The van der Waals surface area contributed by atoms with Crippen molar-refractivity contribution < 1.29 is 0 Å². The lowest BCUT2D eigenvalue weighted by molar-refractivity contribution is 0.869. The summed E-state index contributed by atoms with van der Waals surface area (Å²) in [6, 6.07) is 0. The van der Waals surface area contributed by atoms with Crippen molar-refractivity contribution >= 4 is 34.3 Å². The van der Waals surface area contributed by atoms with Gasteiger partial charge < -0.3 is 5.73 Å². The molecule has 1 unspecified atom stereocenters. The van der Waals surface area contributed by atoms with Gasteiger partial charge in [-0.2, -0.15) is 0 Å². The van der Waals surface area contributed by atoms with Crippen LogP contribution in [0.5, 0.6) is 0 Å². The molecule has 0 aliphatic rings. The first-order valence-electron chi connectivity index (χ1n) is 2.89.